The smallest absolute Gasteiger partial charge is 0.306 e. The predicted octanol–water partition coefficient (Wildman–Crippen LogP) is 4.25. The monoisotopic (exact) mass is 497 g/mol. The minimum absolute atomic E-state index is 0.137. The van der Waals surface area contributed by atoms with E-state index in [-0.39, 0.29) is 18.9 Å². The van der Waals surface area contributed by atoms with Crippen LogP contribution in [0, 0.1) is 0 Å². The van der Waals surface area contributed by atoms with E-state index < -0.39 is 5.97 Å². The van der Waals surface area contributed by atoms with Crippen LogP contribution in [0.25, 0.3) is 0 Å². The van der Waals surface area contributed by atoms with Crippen LogP contribution in [0.4, 0.5) is 5.69 Å². The molecule has 0 saturated heterocycles. The lowest BCUT2D eigenvalue weighted by molar-refractivity contribution is -0.147. The largest absolute Gasteiger partial charge is 0.493 e. The molecular weight excluding hydrogens is 470 g/mol. The fourth-order valence-corrected chi connectivity index (χ4v) is 4.35. The highest BCUT2D eigenvalue weighted by Gasteiger charge is 2.21. The summed E-state index contributed by atoms with van der Waals surface area (Å²) in [6, 6.07) is 14.7. The summed E-state index contributed by atoms with van der Waals surface area (Å²) in [6.07, 6.45) is 0.589. The van der Waals surface area contributed by atoms with Crippen molar-refractivity contribution < 1.29 is 33.3 Å². The van der Waals surface area contributed by atoms with E-state index in [1.807, 2.05) is 29.6 Å². The Balaban J connectivity index is 1.38. The summed E-state index contributed by atoms with van der Waals surface area (Å²) in [7, 11) is 3.13. The number of carbonyl (C=O) groups excluding carboxylic acids is 2. The van der Waals surface area contributed by atoms with Crippen LogP contribution in [0.3, 0.4) is 0 Å². The summed E-state index contributed by atoms with van der Waals surface area (Å²) in [5.41, 5.74) is 1.55. The zero-order valence-corrected chi connectivity index (χ0v) is 20.5. The highest BCUT2D eigenvalue weighted by Crippen LogP contribution is 2.35. The minimum atomic E-state index is -0.452. The average Bonchev–Trinajstić information content (AvgIpc) is 3.42. The standard InChI is InChI=1S/C26H27NO7S/c1-30-21-8-5-18(14-23(21)31-2)6-10-26(29)34-17-25(28)27(16-20-4-3-13-35-20)19-7-9-22-24(15-19)33-12-11-32-22/h3-5,7-9,13-15H,6,10-12,16-17H2,1-2H3. The van der Waals surface area contributed by atoms with Crippen LogP contribution in [0.15, 0.2) is 53.9 Å². The second-order valence-corrected chi connectivity index (χ2v) is 8.77. The molecule has 1 aromatic heterocycles. The molecule has 0 bridgehead atoms. The van der Waals surface area contributed by atoms with Crippen LogP contribution in [0.5, 0.6) is 23.0 Å². The fraction of sp³-hybridized carbons (Fsp3) is 0.308. The van der Waals surface area contributed by atoms with E-state index in [1.54, 1.807) is 54.7 Å². The first-order valence-electron chi connectivity index (χ1n) is 11.2. The first-order chi connectivity index (χ1) is 17.1. The van der Waals surface area contributed by atoms with Crippen molar-refractivity contribution in [3.05, 3.63) is 64.4 Å². The van der Waals surface area contributed by atoms with Crippen molar-refractivity contribution >= 4 is 28.9 Å². The van der Waals surface area contributed by atoms with E-state index in [4.69, 9.17) is 23.7 Å². The molecule has 9 heteroatoms. The van der Waals surface area contributed by atoms with E-state index in [0.29, 0.717) is 54.9 Å². The molecular formula is C26H27NO7S. The number of hydrogen-bond acceptors (Lipinski definition) is 8. The van der Waals surface area contributed by atoms with E-state index in [2.05, 4.69) is 0 Å². The molecule has 0 atom stereocenters. The van der Waals surface area contributed by atoms with Crippen molar-refractivity contribution in [1.82, 2.24) is 0 Å². The normalized spacial score (nSPS) is 12.1. The Hall–Kier alpha value is -3.72. The molecule has 0 unspecified atom stereocenters. The molecule has 4 rings (SSSR count). The summed E-state index contributed by atoms with van der Waals surface area (Å²) >= 11 is 1.55. The van der Waals surface area contributed by atoms with Gasteiger partial charge in [-0.05, 0) is 47.7 Å². The maximum absolute atomic E-state index is 13.1. The maximum atomic E-state index is 13.1. The Morgan fingerprint density at radius 1 is 0.971 bits per heavy atom. The number of ether oxygens (including phenoxy) is 5. The van der Waals surface area contributed by atoms with Gasteiger partial charge >= 0.3 is 5.97 Å². The van der Waals surface area contributed by atoms with Gasteiger partial charge in [0, 0.05) is 23.1 Å². The number of benzene rings is 2. The second-order valence-electron chi connectivity index (χ2n) is 7.74. The third kappa shape index (κ3) is 6.24. The Bertz CT molecular complexity index is 1160. The Kier molecular flexibility index (Phi) is 8.10. The van der Waals surface area contributed by atoms with Gasteiger partial charge < -0.3 is 28.6 Å². The number of esters is 1. The Morgan fingerprint density at radius 3 is 2.51 bits per heavy atom. The molecule has 0 aliphatic carbocycles. The molecule has 2 aromatic carbocycles. The number of methoxy groups -OCH3 is 2. The lowest BCUT2D eigenvalue weighted by atomic mass is 10.1. The lowest BCUT2D eigenvalue weighted by Crippen LogP contribution is -2.34. The highest BCUT2D eigenvalue weighted by molar-refractivity contribution is 7.09. The number of rotatable bonds is 10. The fourth-order valence-electron chi connectivity index (χ4n) is 3.66. The first kappa shape index (κ1) is 24.4. The molecule has 0 radical (unpaired) electrons. The third-order valence-electron chi connectivity index (χ3n) is 5.45. The topological polar surface area (TPSA) is 83.5 Å². The number of aryl methyl sites for hydroxylation is 1. The number of fused-ring (bicyclic) bond motifs is 1. The number of thiophene rings is 1. The molecule has 1 amide bonds. The molecule has 0 saturated carbocycles. The summed E-state index contributed by atoms with van der Waals surface area (Å²) in [4.78, 5) is 28.1. The summed E-state index contributed by atoms with van der Waals surface area (Å²) in [5, 5.41) is 1.95. The molecule has 184 valence electrons. The van der Waals surface area contributed by atoms with Crippen molar-refractivity contribution in [1.29, 1.82) is 0 Å². The molecule has 0 N–H and O–H groups in total. The minimum Gasteiger partial charge on any atom is -0.493 e. The SMILES string of the molecule is COc1ccc(CCC(=O)OCC(=O)N(Cc2cccs2)c2ccc3c(c2)OCCO3)cc1OC. The van der Waals surface area contributed by atoms with Crippen LogP contribution >= 0.6 is 11.3 Å². The van der Waals surface area contributed by atoms with Gasteiger partial charge in [0.05, 0.1) is 20.8 Å². The third-order valence-corrected chi connectivity index (χ3v) is 6.32. The zero-order chi connectivity index (χ0) is 24.6. The van der Waals surface area contributed by atoms with Gasteiger partial charge in [0.2, 0.25) is 0 Å². The Labute approximate surface area is 207 Å². The van der Waals surface area contributed by atoms with E-state index in [1.165, 1.54) is 0 Å². The molecule has 35 heavy (non-hydrogen) atoms. The van der Waals surface area contributed by atoms with Crippen LogP contribution in [-0.2, 0) is 27.3 Å². The number of nitrogens with zero attached hydrogens (tertiary/aromatic N) is 1. The molecule has 3 aromatic rings. The van der Waals surface area contributed by atoms with E-state index in [0.717, 1.165) is 10.4 Å². The van der Waals surface area contributed by atoms with Crippen molar-refractivity contribution in [2.75, 3.05) is 38.9 Å². The van der Waals surface area contributed by atoms with Gasteiger partial charge in [-0.25, -0.2) is 0 Å². The summed E-state index contributed by atoms with van der Waals surface area (Å²) in [6.45, 7) is 0.945. The van der Waals surface area contributed by atoms with Crippen LogP contribution in [0.2, 0.25) is 0 Å². The van der Waals surface area contributed by atoms with Gasteiger partial charge in [-0.3, -0.25) is 9.59 Å². The number of amides is 1. The van der Waals surface area contributed by atoms with Gasteiger partial charge in [0.15, 0.2) is 29.6 Å². The molecule has 0 spiro atoms. The highest BCUT2D eigenvalue weighted by atomic mass is 32.1. The van der Waals surface area contributed by atoms with Gasteiger partial charge in [0.25, 0.3) is 5.91 Å². The van der Waals surface area contributed by atoms with Crippen molar-refractivity contribution in [2.45, 2.75) is 19.4 Å². The lowest BCUT2D eigenvalue weighted by Gasteiger charge is -2.25. The molecule has 1 aliphatic heterocycles. The number of carbonyl (C=O) groups is 2. The van der Waals surface area contributed by atoms with Crippen molar-refractivity contribution in [3.63, 3.8) is 0 Å². The average molecular weight is 498 g/mol. The molecule has 8 nitrogen and oxygen atoms in total. The van der Waals surface area contributed by atoms with E-state index >= 15 is 0 Å². The van der Waals surface area contributed by atoms with Gasteiger partial charge in [-0.1, -0.05) is 12.1 Å². The number of anilines is 1. The molecule has 2 heterocycles. The molecule has 1 aliphatic rings. The second kappa shape index (κ2) is 11.6. The first-order valence-corrected chi connectivity index (χ1v) is 12.0. The molecule has 0 fully saturated rings. The summed E-state index contributed by atoms with van der Waals surface area (Å²) in [5.74, 6) is 1.67. The predicted molar refractivity (Wildman–Crippen MR) is 132 cm³/mol. The van der Waals surface area contributed by atoms with Crippen LogP contribution in [-0.4, -0.2) is 45.9 Å². The van der Waals surface area contributed by atoms with E-state index in [9.17, 15) is 9.59 Å². The zero-order valence-electron chi connectivity index (χ0n) is 19.7. The van der Waals surface area contributed by atoms with Crippen molar-refractivity contribution in [2.24, 2.45) is 0 Å². The summed E-state index contributed by atoms with van der Waals surface area (Å²) < 4.78 is 27.1. The maximum Gasteiger partial charge on any atom is 0.306 e. The Morgan fingerprint density at radius 2 is 1.77 bits per heavy atom. The quantitative estimate of drug-likeness (QED) is 0.387. The van der Waals surface area contributed by atoms with Gasteiger partial charge in [0.1, 0.15) is 13.2 Å². The van der Waals surface area contributed by atoms with Crippen LogP contribution in [0.1, 0.15) is 16.9 Å². The van der Waals surface area contributed by atoms with Gasteiger partial charge in [-0.15, -0.1) is 11.3 Å². The van der Waals surface area contributed by atoms with Crippen LogP contribution < -0.4 is 23.8 Å². The number of hydrogen-bond donors (Lipinski definition) is 0. The van der Waals surface area contributed by atoms with Crippen molar-refractivity contribution in [3.8, 4) is 23.0 Å². The van der Waals surface area contributed by atoms with Gasteiger partial charge in [-0.2, -0.15) is 0 Å².